The summed E-state index contributed by atoms with van der Waals surface area (Å²) < 4.78 is 87.7. The third-order valence-electron chi connectivity index (χ3n) is 4.08. The summed E-state index contributed by atoms with van der Waals surface area (Å²) in [5, 5.41) is 8.40. The maximum absolute atomic E-state index is 12.6. The summed E-state index contributed by atoms with van der Waals surface area (Å²) >= 11 is 11.4. The SMILES string of the molecule is N=C/C(CC(=O)c1c(Cl)cc(C(F)F)cc1Cl)=C(\N)C(F)(F)F.O=CNCc1cc(F)cc(F)c1. The van der Waals surface area contributed by atoms with Gasteiger partial charge >= 0.3 is 6.18 Å². The number of alkyl halides is 5. The van der Waals surface area contributed by atoms with Crippen molar-refractivity contribution < 1.29 is 40.3 Å². The third-order valence-corrected chi connectivity index (χ3v) is 4.68. The first kappa shape index (κ1) is 29.9. The van der Waals surface area contributed by atoms with E-state index in [1.807, 2.05) is 0 Å². The van der Waals surface area contributed by atoms with E-state index in [0.29, 0.717) is 12.0 Å². The first-order valence-corrected chi connectivity index (χ1v) is 9.95. The molecular formula is C21H16Cl2F7N3O2. The quantitative estimate of drug-likeness (QED) is 0.161. The highest BCUT2D eigenvalue weighted by molar-refractivity contribution is 6.40. The number of nitrogens with two attached hydrogens (primary N) is 1. The normalized spacial score (nSPS) is 11.8. The van der Waals surface area contributed by atoms with E-state index in [9.17, 15) is 40.3 Å². The van der Waals surface area contributed by atoms with Gasteiger partial charge in [0.05, 0.1) is 15.6 Å². The van der Waals surface area contributed by atoms with Gasteiger partial charge in [-0.3, -0.25) is 9.59 Å². The number of ketones is 1. The predicted octanol–water partition coefficient (Wildman–Crippen LogP) is 6.14. The summed E-state index contributed by atoms with van der Waals surface area (Å²) in [7, 11) is 0. The zero-order valence-corrected chi connectivity index (χ0v) is 18.8. The van der Waals surface area contributed by atoms with Gasteiger partial charge in [-0.05, 0) is 29.8 Å². The van der Waals surface area contributed by atoms with Gasteiger partial charge in [0.15, 0.2) is 5.78 Å². The van der Waals surface area contributed by atoms with Crippen LogP contribution in [0.1, 0.15) is 34.3 Å². The summed E-state index contributed by atoms with van der Waals surface area (Å²) in [6, 6.07) is 4.71. The molecule has 190 valence electrons. The highest BCUT2D eigenvalue weighted by atomic mass is 35.5. The van der Waals surface area contributed by atoms with E-state index >= 15 is 0 Å². The molecule has 0 radical (unpaired) electrons. The Hall–Kier alpha value is -3.12. The first-order chi connectivity index (χ1) is 16.2. The molecule has 1 amide bonds. The van der Waals surface area contributed by atoms with Crippen molar-refractivity contribution in [2.75, 3.05) is 0 Å². The Balaban J connectivity index is 0.000000427. The number of benzene rings is 2. The lowest BCUT2D eigenvalue weighted by Crippen LogP contribution is -2.23. The molecule has 0 saturated heterocycles. The smallest absolute Gasteiger partial charge is 0.394 e. The van der Waals surface area contributed by atoms with E-state index < -0.39 is 68.9 Å². The number of halogens is 9. The van der Waals surface area contributed by atoms with Crippen LogP contribution in [0.15, 0.2) is 41.6 Å². The largest absolute Gasteiger partial charge is 0.431 e. The topological polar surface area (TPSA) is 96.0 Å². The number of carbonyl (C=O) groups excluding carboxylic acids is 2. The average molecular weight is 546 g/mol. The van der Waals surface area contributed by atoms with Crippen LogP contribution in [0.3, 0.4) is 0 Å². The molecule has 0 aromatic heterocycles. The van der Waals surface area contributed by atoms with Gasteiger partial charge in [0.2, 0.25) is 6.41 Å². The van der Waals surface area contributed by atoms with Crippen LogP contribution in [0, 0.1) is 17.0 Å². The van der Waals surface area contributed by atoms with Gasteiger partial charge in [0, 0.05) is 36.4 Å². The van der Waals surface area contributed by atoms with E-state index in [2.05, 4.69) is 5.32 Å². The van der Waals surface area contributed by atoms with Crippen molar-refractivity contribution in [2.45, 2.75) is 25.6 Å². The van der Waals surface area contributed by atoms with Crippen LogP contribution in [0.5, 0.6) is 0 Å². The lowest BCUT2D eigenvalue weighted by Gasteiger charge is -2.12. The zero-order valence-electron chi connectivity index (χ0n) is 17.3. The summed E-state index contributed by atoms with van der Waals surface area (Å²) in [6.07, 6.45) is -7.94. The predicted molar refractivity (Wildman–Crippen MR) is 116 cm³/mol. The Morgan fingerprint density at radius 2 is 1.57 bits per heavy atom. The summed E-state index contributed by atoms with van der Waals surface area (Å²) in [4.78, 5) is 21.9. The highest BCUT2D eigenvalue weighted by Gasteiger charge is 2.34. The fourth-order valence-corrected chi connectivity index (χ4v) is 3.24. The molecule has 2 aromatic rings. The number of rotatable bonds is 8. The van der Waals surface area contributed by atoms with Crippen molar-refractivity contribution in [2.24, 2.45) is 5.73 Å². The number of Topliss-reactive ketones (excluding diaryl/α,β-unsaturated/α-hetero) is 1. The van der Waals surface area contributed by atoms with Gasteiger partial charge in [0.1, 0.15) is 17.3 Å². The molecule has 2 aromatic carbocycles. The molecule has 0 atom stereocenters. The van der Waals surface area contributed by atoms with Gasteiger partial charge in [-0.1, -0.05) is 23.2 Å². The minimum absolute atomic E-state index is 0.137. The Kier molecular flexibility index (Phi) is 11.2. The minimum Gasteiger partial charge on any atom is -0.394 e. The van der Waals surface area contributed by atoms with Crippen LogP contribution in [-0.2, 0) is 11.3 Å². The Labute approximate surface area is 204 Å². The molecule has 0 unspecified atom stereocenters. The molecule has 4 N–H and O–H groups in total. The van der Waals surface area contributed by atoms with Gasteiger partial charge in [-0.25, -0.2) is 17.6 Å². The molecule has 0 saturated carbocycles. The van der Waals surface area contributed by atoms with Gasteiger partial charge in [0.25, 0.3) is 6.43 Å². The van der Waals surface area contributed by atoms with Crippen LogP contribution < -0.4 is 11.1 Å². The van der Waals surface area contributed by atoms with Gasteiger partial charge < -0.3 is 16.5 Å². The van der Waals surface area contributed by atoms with Crippen molar-refractivity contribution in [1.29, 1.82) is 5.41 Å². The zero-order chi connectivity index (χ0) is 26.9. The Bertz CT molecular complexity index is 1080. The number of nitrogens with one attached hydrogen (secondary N) is 2. The number of carbonyl (C=O) groups is 2. The molecule has 2 rings (SSSR count). The van der Waals surface area contributed by atoms with Crippen LogP contribution >= 0.6 is 23.2 Å². The van der Waals surface area contributed by atoms with Crippen molar-refractivity contribution >= 4 is 41.6 Å². The Morgan fingerprint density at radius 1 is 1.06 bits per heavy atom. The second-order valence-electron chi connectivity index (χ2n) is 6.62. The monoisotopic (exact) mass is 545 g/mol. The molecule has 5 nitrogen and oxygen atoms in total. The van der Waals surface area contributed by atoms with Crippen molar-refractivity contribution in [3.05, 3.63) is 80.0 Å². The van der Waals surface area contributed by atoms with Gasteiger partial charge in [-0.15, -0.1) is 0 Å². The van der Waals surface area contributed by atoms with Crippen LogP contribution in [0.2, 0.25) is 10.0 Å². The lowest BCUT2D eigenvalue weighted by molar-refractivity contribution is -0.109. The average Bonchev–Trinajstić information content (AvgIpc) is 2.74. The standard InChI is InChI=1S/C13H9Cl2F5N2O.C8H7F2NO/c14-7-1-5(12(16)17)2-8(15)10(7)9(23)3-6(4-21)11(22)13(18,19)20;9-7-1-6(4-11-5-12)2-8(10)3-7/h1-2,4,12,21H,3,22H2;1-3,5H,4H2,(H,11,12)/b11-6-,21-4?;. The number of hydrogen-bond donors (Lipinski definition) is 3. The maximum atomic E-state index is 12.6. The molecule has 0 spiro atoms. The Morgan fingerprint density at radius 3 is 1.97 bits per heavy atom. The molecule has 0 heterocycles. The molecule has 0 bridgehead atoms. The molecular weight excluding hydrogens is 530 g/mol. The van der Waals surface area contributed by atoms with Crippen molar-refractivity contribution in [1.82, 2.24) is 5.32 Å². The molecule has 0 aliphatic rings. The van der Waals surface area contributed by atoms with Gasteiger partial charge in [-0.2, -0.15) is 13.2 Å². The molecule has 0 fully saturated rings. The fourth-order valence-electron chi connectivity index (χ4n) is 2.53. The number of allylic oxidation sites excluding steroid dienone is 2. The molecule has 14 heteroatoms. The van der Waals surface area contributed by atoms with Crippen molar-refractivity contribution in [3.8, 4) is 0 Å². The maximum Gasteiger partial charge on any atom is 0.431 e. The number of amides is 1. The van der Waals surface area contributed by atoms with E-state index in [0.717, 1.165) is 18.2 Å². The molecule has 35 heavy (non-hydrogen) atoms. The molecule has 0 aliphatic carbocycles. The van der Waals surface area contributed by atoms with Crippen LogP contribution in [0.4, 0.5) is 30.7 Å². The fraction of sp³-hybridized carbons (Fsp3) is 0.190. The van der Waals surface area contributed by atoms with Crippen LogP contribution in [0.25, 0.3) is 0 Å². The summed E-state index contributed by atoms with van der Waals surface area (Å²) in [6.45, 7) is 0.137. The second kappa shape index (κ2) is 13.1. The minimum atomic E-state index is -4.92. The summed E-state index contributed by atoms with van der Waals surface area (Å²) in [5.41, 5.74) is 1.93. The van der Waals surface area contributed by atoms with Crippen molar-refractivity contribution in [3.63, 3.8) is 0 Å². The van der Waals surface area contributed by atoms with Crippen LogP contribution in [-0.4, -0.2) is 24.6 Å². The lowest BCUT2D eigenvalue weighted by atomic mass is 10.0. The highest BCUT2D eigenvalue weighted by Crippen LogP contribution is 2.33. The van der Waals surface area contributed by atoms with E-state index in [-0.39, 0.29) is 12.8 Å². The second-order valence-corrected chi connectivity index (χ2v) is 7.43. The summed E-state index contributed by atoms with van der Waals surface area (Å²) in [5.74, 6) is -2.26. The first-order valence-electron chi connectivity index (χ1n) is 9.19. The van der Waals surface area contributed by atoms with E-state index in [1.54, 1.807) is 0 Å². The van der Waals surface area contributed by atoms with E-state index in [4.69, 9.17) is 34.3 Å². The third kappa shape index (κ3) is 9.21. The molecule has 0 aliphatic heterocycles. The van der Waals surface area contributed by atoms with E-state index in [1.165, 1.54) is 12.1 Å². The number of hydrogen-bond acceptors (Lipinski definition) is 4.